The highest BCUT2D eigenvalue weighted by Gasteiger charge is 2.29. The molecule has 0 bridgehead atoms. The van der Waals surface area contributed by atoms with Crippen LogP contribution < -0.4 is 5.32 Å². The molecule has 1 aromatic heterocycles. The lowest BCUT2D eigenvalue weighted by Gasteiger charge is -2.31. The number of hydrogen-bond donors (Lipinski definition) is 1. The van der Waals surface area contributed by atoms with Crippen LogP contribution in [0.1, 0.15) is 44.5 Å². The average Bonchev–Trinajstić information content (AvgIpc) is 3.19. The Labute approximate surface area is 114 Å². The predicted octanol–water partition coefficient (Wildman–Crippen LogP) is 0.829. The van der Waals surface area contributed by atoms with Crippen LogP contribution in [-0.2, 0) is 6.54 Å². The van der Waals surface area contributed by atoms with Crippen LogP contribution in [0, 0.1) is 5.92 Å². The molecule has 1 N–H and O–H groups in total. The van der Waals surface area contributed by atoms with E-state index in [1.807, 2.05) is 4.68 Å². The zero-order valence-corrected chi connectivity index (χ0v) is 11.8. The maximum atomic E-state index is 4.19. The molecule has 2 fully saturated rings. The van der Waals surface area contributed by atoms with E-state index in [0.29, 0.717) is 6.04 Å². The average molecular weight is 264 g/mol. The Kier molecular flexibility index (Phi) is 4.08. The molecule has 1 aliphatic carbocycles. The van der Waals surface area contributed by atoms with Gasteiger partial charge in [0.2, 0.25) is 0 Å². The third kappa shape index (κ3) is 3.30. The van der Waals surface area contributed by atoms with Crippen molar-refractivity contribution in [2.45, 2.75) is 45.2 Å². The molecule has 0 atom stereocenters. The summed E-state index contributed by atoms with van der Waals surface area (Å²) in [5.74, 6) is 1.89. The van der Waals surface area contributed by atoms with E-state index in [2.05, 4.69) is 32.7 Å². The molecule has 1 aliphatic heterocycles. The largest absolute Gasteiger partial charge is 0.317 e. The van der Waals surface area contributed by atoms with Crippen molar-refractivity contribution in [3.8, 4) is 0 Å². The minimum Gasteiger partial charge on any atom is -0.317 e. The summed E-state index contributed by atoms with van der Waals surface area (Å²) < 4.78 is 2.03. The second-order valence-electron chi connectivity index (χ2n) is 5.80. The van der Waals surface area contributed by atoms with Gasteiger partial charge in [-0.05, 0) is 68.2 Å². The van der Waals surface area contributed by atoms with Crippen LogP contribution in [0.5, 0.6) is 0 Å². The number of aromatic nitrogens is 4. The molecule has 0 spiro atoms. The summed E-state index contributed by atoms with van der Waals surface area (Å²) in [5, 5.41) is 15.6. The topological polar surface area (TPSA) is 58.9 Å². The van der Waals surface area contributed by atoms with Crippen molar-refractivity contribution in [2.24, 2.45) is 5.92 Å². The van der Waals surface area contributed by atoms with Gasteiger partial charge in [-0.2, -0.15) is 0 Å². The fourth-order valence-corrected chi connectivity index (χ4v) is 2.82. The Morgan fingerprint density at radius 1 is 1.21 bits per heavy atom. The molecule has 0 amide bonds. The van der Waals surface area contributed by atoms with Crippen LogP contribution in [0.2, 0.25) is 0 Å². The van der Waals surface area contributed by atoms with E-state index in [1.54, 1.807) is 0 Å². The fraction of sp³-hybridized carbons (Fsp3) is 0.923. The number of hydrogen-bond acceptors (Lipinski definition) is 5. The third-order valence-electron chi connectivity index (χ3n) is 4.21. The molecule has 1 saturated carbocycles. The highest BCUT2D eigenvalue weighted by Crippen LogP contribution is 2.34. The van der Waals surface area contributed by atoms with Crippen LogP contribution >= 0.6 is 0 Å². The van der Waals surface area contributed by atoms with Crippen molar-refractivity contribution in [3.05, 3.63) is 5.82 Å². The standard InChI is InChI=1S/C13H24N6/c1-2-14-9-11-5-7-18(8-6-11)10-13-15-16-17-19(13)12-3-4-12/h11-12,14H,2-10H2,1H3. The SMILES string of the molecule is CCNCC1CCN(Cc2nnnn2C2CC2)CC1. The van der Waals surface area contributed by atoms with E-state index in [-0.39, 0.29) is 0 Å². The number of likely N-dealkylation sites (tertiary alicyclic amines) is 1. The molecular weight excluding hydrogens is 240 g/mol. The molecule has 0 unspecified atom stereocenters. The lowest BCUT2D eigenvalue weighted by molar-refractivity contribution is 0.170. The Morgan fingerprint density at radius 3 is 2.68 bits per heavy atom. The van der Waals surface area contributed by atoms with E-state index in [0.717, 1.165) is 24.8 Å². The maximum Gasteiger partial charge on any atom is 0.165 e. The minimum atomic E-state index is 0.580. The Hall–Kier alpha value is -1.01. The molecule has 1 saturated heterocycles. The third-order valence-corrected chi connectivity index (χ3v) is 4.21. The number of nitrogens with zero attached hydrogens (tertiary/aromatic N) is 5. The van der Waals surface area contributed by atoms with Gasteiger partial charge in [0.05, 0.1) is 12.6 Å². The van der Waals surface area contributed by atoms with Gasteiger partial charge >= 0.3 is 0 Å². The zero-order valence-electron chi connectivity index (χ0n) is 11.8. The second-order valence-corrected chi connectivity index (χ2v) is 5.80. The summed E-state index contributed by atoms with van der Waals surface area (Å²) in [4.78, 5) is 2.49. The summed E-state index contributed by atoms with van der Waals surface area (Å²) in [6.07, 6.45) is 5.06. The number of rotatable bonds is 6. The molecule has 2 heterocycles. The van der Waals surface area contributed by atoms with E-state index in [1.165, 1.54) is 45.3 Å². The maximum absolute atomic E-state index is 4.19. The minimum absolute atomic E-state index is 0.580. The van der Waals surface area contributed by atoms with Crippen LogP contribution in [0.3, 0.4) is 0 Å². The van der Waals surface area contributed by atoms with Gasteiger partial charge in [0, 0.05) is 0 Å². The molecule has 1 aromatic rings. The fourth-order valence-electron chi connectivity index (χ4n) is 2.82. The summed E-state index contributed by atoms with van der Waals surface area (Å²) in [6, 6.07) is 0.580. The van der Waals surface area contributed by atoms with Gasteiger partial charge in [0.25, 0.3) is 0 Å². The summed E-state index contributed by atoms with van der Waals surface area (Å²) in [6.45, 7) is 7.69. The Balaban J connectivity index is 1.47. The van der Waals surface area contributed by atoms with E-state index >= 15 is 0 Å². The van der Waals surface area contributed by atoms with Gasteiger partial charge in [0.1, 0.15) is 0 Å². The molecule has 106 valence electrons. The van der Waals surface area contributed by atoms with Gasteiger partial charge in [0.15, 0.2) is 5.82 Å². The van der Waals surface area contributed by atoms with Gasteiger partial charge in [-0.3, -0.25) is 4.90 Å². The molecule has 3 rings (SSSR count). The number of piperidine rings is 1. The first-order chi connectivity index (χ1) is 9.36. The van der Waals surface area contributed by atoms with Gasteiger partial charge in [-0.15, -0.1) is 5.10 Å². The summed E-state index contributed by atoms with van der Waals surface area (Å²) >= 11 is 0. The van der Waals surface area contributed by atoms with E-state index in [4.69, 9.17) is 0 Å². The summed E-state index contributed by atoms with van der Waals surface area (Å²) in [5.41, 5.74) is 0. The van der Waals surface area contributed by atoms with Crippen molar-refractivity contribution >= 4 is 0 Å². The first-order valence-electron chi connectivity index (χ1n) is 7.56. The zero-order chi connectivity index (χ0) is 13.1. The monoisotopic (exact) mass is 264 g/mol. The van der Waals surface area contributed by atoms with Crippen molar-refractivity contribution in [3.63, 3.8) is 0 Å². The van der Waals surface area contributed by atoms with E-state index in [9.17, 15) is 0 Å². The highest BCUT2D eigenvalue weighted by molar-refractivity contribution is 4.91. The quantitative estimate of drug-likeness (QED) is 0.824. The molecule has 6 heteroatoms. The first-order valence-corrected chi connectivity index (χ1v) is 7.56. The molecule has 19 heavy (non-hydrogen) atoms. The molecule has 0 radical (unpaired) electrons. The number of tetrazole rings is 1. The second kappa shape index (κ2) is 5.96. The molecule has 6 nitrogen and oxygen atoms in total. The van der Waals surface area contributed by atoms with Gasteiger partial charge in [-0.25, -0.2) is 4.68 Å². The summed E-state index contributed by atoms with van der Waals surface area (Å²) in [7, 11) is 0. The normalized spacial score (nSPS) is 21.9. The molecule has 0 aromatic carbocycles. The lowest BCUT2D eigenvalue weighted by Crippen LogP contribution is -2.37. The Morgan fingerprint density at radius 2 is 2.00 bits per heavy atom. The van der Waals surface area contributed by atoms with Gasteiger partial charge in [-0.1, -0.05) is 6.92 Å². The van der Waals surface area contributed by atoms with Crippen molar-refractivity contribution in [1.82, 2.24) is 30.4 Å². The van der Waals surface area contributed by atoms with Crippen molar-refractivity contribution < 1.29 is 0 Å². The van der Waals surface area contributed by atoms with Crippen LogP contribution in [-0.4, -0.2) is 51.3 Å². The van der Waals surface area contributed by atoms with Crippen LogP contribution in [0.15, 0.2) is 0 Å². The first kappa shape index (κ1) is 13.0. The number of nitrogens with one attached hydrogen (secondary N) is 1. The molecule has 2 aliphatic rings. The molecular formula is C13H24N6. The Bertz CT molecular complexity index is 392. The van der Waals surface area contributed by atoms with Crippen molar-refractivity contribution in [1.29, 1.82) is 0 Å². The predicted molar refractivity (Wildman–Crippen MR) is 72.6 cm³/mol. The van der Waals surface area contributed by atoms with Gasteiger partial charge < -0.3 is 5.32 Å². The van der Waals surface area contributed by atoms with Crippen LogP contribution in [0.4, 0.5) is 0 Å². The van der Waals surface area contributed by atoms with Crippen molar-refractivity contribution in [2.75, 3.05) is 26.2 Å². The van der Waals surface area contributed by atoms with Crippen LogP contribution in [0.25, 0.3) is 0 Å². The highest BCUT2D eigenvalue weighted by atomic mass is 15.6. The lowest BCUT2D eigenvalue weighted by atomic mass is 9.97. The smallest absolute Gasteiger partial charge is 0.165 e. The van der Waals surface area contributed by atoms with E-state index < -0.39 is 0 Å².